The number of aromatic nitrogens is 2. The fourth-order valence-electron chi connectivity index (χ4n) is 2.77. The summed E-state index contributed by atoms with van der Waals surface area (Å²) in [6.45, 7) is 6.51. The van der Waals surface area contributed by atoms with Gasteiger partial charge in [-0.25, -0.2) is 4.98 Å². The molecule has 0 aromatic carbocycles. The number of fused-ring (bicyclic) bond motifs is 1. The van der Waals surface area contributed by atoms with Crippen LogP contribution in [0.2, 0.25) is 18.1 Å². The van der Waals surface area contributed by atoms with Gasteiger partial charge in [0.05, 0.1) is 17.5 Å². The van der Waals surface area contributed by atoms with Crippen LogP contribution in [0.15, 0.2) is 27.6 Å². The minimum atomic E-state index is -1.73. The van der Waals surface area contributed by atoms with Crippen molar-refractivity contribution >= 4 is 29.3 Å². The largest absolute Gasteiger partial charge is 0.428 e. The van der Waals surface area contributed by atoms with Gasteiger partial charge in [-0.05, 0) is 28.1 Å². The first-order valence-corrected chi connectivity index (χ1v) is 10.3. The first kappa shape index (κ1) is 15.2. The van der Waals surface area contributed by atoms with Crippen molar-refractivity contribution < 1.29 is 5.21 Å². The molecule has 6 heteroatoms. The molecule has 0 saturated carbocycles. The highest BCUT2D eigenvalue weighted by molar-refractivity contribution is 9.10. The minimum Gasteiger partial charge on any atom is -0.428 e. The molecule has 0 atom stereocenters. The van der Waals surface area contributed by atoms with Crippen molar-refractivity contribution in [1.29, 1.82) is 0 Å². The Morgan fingerprint density at radius 3 is 2.40 bits per heavy atom. The van der Waals surface area contributed by atoms with Crippen molar-refractivity contribution in [3.63, 3.8) is 0 Å². The van der Waals surface area contributed by atoms with Gasteiger partial charge in [0, 0.05) is 9.79 Å². The summed E-state index contributed by atoms with van der Waals surface area (Å²) in [7, 11) is -1.73. The average Bonchev–Trinajstić information content (AvgIpc) is 2.43. The van der Waals surface area contributed by atoms with Crippen LogP contribution in [0.1, 0.15) is 20.8 Å². The molecular weight excluding hydrogens is 336 g/mol. The molecular formula is C14H19BrN2O2Si. The summed E-state index contributed by atoms with van der Waals surface area (Å²) in [6.07, 6.45) is 1.54. The Hall–Kier alpha value is -1.14. The van der Waals surface area contributed by atoms with Gasteiger partial charge in [0.1, 0.15) is 8.07 Å². The van der Waals surface area contributed by atoms with Crippen LogP contribution in [0.5, 0.6) is 0 Å². The SMILES string of the molecule is CC[Si](CC)(CC)c1cc2n(O)cc(Br)cc-2c(=O)n1. The van der Waals surface area contributed by atoms with Crippen LogP contribution in [0.25, 0.3) is 11.3 Å². The van der Waals surface area contributed by atoms with Crippen LogP contribution in [-0.2, 0) is 0 Å². The molecule has 20 heavy (non-hydrogen) atoms. The topological polar surface area (TPSA) is 55.1 Å². The molecule has 4 nitrogen and oxygen atoms in total. The summed E-state index contributed by atoms with van der Waals surface area (Å²) in [5.41, 5.74) is 0.723. The van der Waals surface area contributed by atoms with Gasteiger partial charge in [-0.15, -0.1) is 0 Å². The highest BCUT2D eigenvalue weighted by Crippen LogP contribution is 2.24. The second-order valence-electron chi connectivity index (χ2n) is 5.09. The lowest BCUT2D eigenvalue weighted by Crippen LogP contribution is -2.50. The van der Waals surface area contributed by atoms with E-state index >= 15 is 0 Å². The molecule has 2 heterocycles. The van der Waals surface area contributed by atoms with Gasteiger partial charge in [0.25, 0.3) is 5.56 Å². The van der Waals surface area contributed by atoms with E-state index in [4.69, 9.17) is 0 Å². The standard InChI is InChI=1S/C14H19BrN2O2Si/c1-4-20(5-2,6-3)13-8-12-11(14(18)16-13)7-10(15)9-17(12)19/h7-9,19H,4-6H2,1-3H3. The summed E-state index contributed by atoms with van der Waals surface area (Å²) < 4.78 is 1.66. The van der Waals surface area contributed by atoms with Crippen LogP contribution in [0.4, 0.5) is 0 Å². The van der Waals surface area contributed by atoms with Gasteiger partial charge in [0.2, 0.25) is 0 Å². The van der Waals surface area contributed by atoms with Crippen molar-refractivity contribution in [2.24, 2.45) is 0 Å². The Morgan fingerprint density at radius 2 is 1.85 bits per heavy atom. The maximum Gasteiger partial charge on any atom is 0.279 e. The number of nitrogens with zero attached hydrogens (tertiary/aromatic N) is 2. The van der Waals surface area contributed by atoms with Gasteiger partial charge in [0.15, 0.2) is 0 Å². The molecule has 0 unspecified atom stereocenters. The zero-order valence-electron chi connectivity index (χ0n) is 12.0. The predicted octanol–water partition coefficient (Wildman–Crippen LogP) is 3.06. The number of hydrogen-bond donors (Lipinski definition) is 1. The molecule has 0 spiro atoms. The third kappa shape index (κ3) is 2.42. The molecule has 1 N–H and O–H groups in total. The second-order valence-corrected chi connectivity index (χ2v) is 11.2. The molecule has 0 aromatic heterocycles. The second kappa shape index (κ2) is 5.69. The van der Waals surface area contributed by atoms with E-state index in [1.54, 1.807) is 12.3 Å². The van der Waals surface area contributed by atoms with Crippen LogP contribution in [0.3, 0.4) is 0 Å². The van der Waals surface area contributed by atoms with E-state index in [1.807, 2.05) is 6.07 Å². The van der Waals surface area contributed by atoms with E-state index in [0.29, 0.717) is 15.7 Å². The molecule has 0 aromatic rings. The van der Waals surface area contributed by atoms with Crippen molar-refractivity contribution in [3.05, 3.63) is 33.2 Å². The molecule has 0 saturated heterocycles. The first-order chi connectivity index (χ1) is 9.47. The van der Waals surface area contributed by atoms with E-state index < -0.39 is 8.07 Å². The molecule has 0 radical (unpaired) electrons. The lowest BCUT2D eigenvalue weighted by atomic mass is 10.2. The van der Waals surface area contributed by atoms with Crippen LogP contribution in [-0.4, -0.2) is 23.0 Å². The quantitative estimate of drug-likeness (QED) is 0.677. The highest BCUT2D eigenvalue weighted by Gasteiger charge is 2.32. The summed E-state index contributed by atoms with van der Waals surface area (Å²) in [5.74, 6) is 0. The van der Waals surface area contributed by atoms with E-state index in [9.17, 15) is 10.0 Å². The van der Waals surface area contributed by atoms with Gasteiger partial charge in [-0.1, -0.05) is 38.9 Å². The normalized spacial score (nSPS) is 12.0. The Balaban J connectivity index is 2.76. The summed E-state index contributed by atoms with van der Waals surface area (Å²) >= 11 is 3.28. The molecule has 0 aliphatic carbocycles. The van der Waals surface area contributed by atoms with E-state index in [2.05, 4.69) is 41.7 Å². The van der Waals surface area contributed by atoms with Crippen LogP contribution >= 0.6 is 15.9 Å². The first-order valence-electron chi connectivity index (χ1n) is 6.90. The zero-order valence-corrected chi connectivity index (χ0v) is 14.6. The van der Waals surface area contributed by atoms with E-state index in [-0.39, 0.29) is 5.56 Å². The van der Waals surface area contributed by atoms with Crippen LogP contribution < -0.4 is 10.9 Å². The van der Waals surface area contributed by atoms with Gasteiger partial charge < -0.3 is 5.21 Å². The lowest BCUT2D eigenvalue weighted by molar-refractivity contribution is 0.188. The highest BCUT2D eigenvalue weighted by atomic mass is 79.9. The summed E-state index contributed by atoms with van der Waals surface area (Å²) in [4.78, 5) is 16.6. The van der Waals surface area contributed by atoms with Crippen molar-refractivity contribution in [2.45, 2.75) is 38.9 Å². The minimum absolute atomic E-state index is 0.256. The molecule has 2 aliphatic rings. The van der Waals surface area contributed by atoms with Gasteiger partial charge in [-0.3, -0.25) is 4.79 Å². The fourth-order valence-corrected chi connectivity index (χ4v) is 6.56. The number of rotatable bonds is 4. The molecule has 0 fully saturated rings. The predicted molar refractivity (Wildman–Crippen MR) is 86.8 cm³/mol. The lowest BCUT2D eigenvalue weighted by Gasteiger charge is -2.27. The van der Waals surface area contributed by atoms with Gasteiger partial charge >= 0.3 is 0 Å². The third-order valence-corrected chi connectivity index (χ3v) is 10.2. The summed E-state index contributed by atoms with van der Waals surface area (Å²) in [5, 5.41) is 10.9. The third-order valence-electron chi connectivity index (χ3n) is 4.35. The maximum absolute atomic E-state index is 12.3. The number of pyridine rings is 2. The molecule has 108 valence electrons. The molecule has 0 bridgehead atoms. The zero-order chi connectivity index (χ0) is 14.9. The van der Waals surface area contributed by atoms with Gasteiger partial charge in [-0.2, -0.15) is 4.73 Å². The number of hydrogen-bond acceptors (Lipinski definition) is 3. The monoisotopic (exact) mass is 354 g/mol. The van der Waals surface area contributed by atoms with Crippen LogP contribution in [0, 0.1) is 0 Å². The fraction of sp³-hybridized carbons (Fsp3) is 0.429. The average molecular weight is 355 g/mol. The Kier molecular flexibility index (Phi) is 4.34. The van der Waals surface area contributed by atoms with Crippen molar-refractivity contribution in [3.8, 4) is 11.3 Å². The van der Waals surface area contributed by atoms with Crippen molar-refractivity contribution in [2.75, 3.05) is 0 Å². The van der Waals surface area contributed by atoms with Crippen molar-refractivity contribution in [1.82, 2.24) is 9.71 Å². The Labute approximate surface area is 127 Å². The Morgan fingerprint density at radius 1 is 1.25 bits per heavy atom. The van der Waals surface area contributed by atoms with E-state index in [0.717, 1.165) is 28.2 Å². The Bertz CT molecular complexity index is 644. The van der Waals surface area contributed by atoms with E-state index in [1.165, 1.54) is 0 Å². The molecule has 2 rings (SSSR count). The molecule has 2 aliphatic heterocycles. The smallest absolute Gasteiger partial charge is 0.279 e. The molecule has 0 amide bonds. The summed E-state index contributed by atoms with van der Waals surface area (Å²) in [6, 6.07) is 6.76. The maximum atomic E-state index is 12.3. The number of halogens is 1.